The van der Waals surface area contributed by atoms with Gasteiger partial charge < -0.3 is 0 Å². The zero-order chi connectivity index (χ0) is 15.7. The zero-order valence-corrected chi connectivity index (χ0v) is 14.0. The van der Waals surface area contributed by atoms with Gasteiger partial charge in [-0.1, -0.05) is 43.3 Å². The highest BCUT2D eigenvalue weighted by Crippen LogP contribution is 2.46. The largest absolute Gasteiger partial charge is 0.300 e. The molecule has 0 aromatic heterocycles. The first-order valence-corrected chi connectivity index (χ1v) is 8.63. The molecule has 4 atom stereocenters. The molecule has 1 aromatic carbocycles. The van der Waals surface area contributed by atoms with Gasteiger partial charge in [-0.05, 0) is 50.3 Å². The first-order valence-electron chi connectivity index (χ1n) is 8.63. The Labute approximate surface area is 134 Å². The van der Waals surface area contributed by atoms with E-state index in [1.165, 1.54) is 24.0 Å². The van der Waals surface area contributed by atoms with E-state index < -0.39 is 0 Å². The van der Waals surface area contributed by atoms with E-state index in [9.17, 15) is 4.79 Å². The van der Waals surface area contributed by atoms with Gasteiger partial charge in [0.25, 0.3) is 0 Å². The van der Waals surface area contributed by atoms with Crippen molar-refractivity contribution >= 4 is 11.9 Å². The number of benzene rings is 1. The van der Waals surface area contributed by atoms with Crippen LogP contribution < -0.4 is 0 Å². The van der Waals surface area contributed by atoms with E-state index in [1.54, 1.807) is 0 Å². The minimum Gasteiger partial charge on any atom is -0.300 e. The quantitative estimate of drug-likeness (QED) is 0.827. The van der Waals surface area contributed by atoms with Crippen LogP contribution in [-0.2, 0) is 4.79 Å². The van der Waals surface area contributed by atoms with Gasteiger partial charge in [-0.2, -0.15) is 0 Å². The summed E-state index contributed by atoms with van der Waals surface area (Å²) < 4.78 is 0. The van der Waals surface area contributed by atoms with E-state index in [-0.39, 0.29) is 5.92 Å². The van der Waals surface area contributed by atoms with Crippen molar-refractivity contribution in [2.75, 3.05) is 7.05 Å². The van der Waals surface area contributed by atoms with Crippen molar-refractivity contribution in [2.24, 2.45) is 5.92 Å². The Kier molecular flexibility index (Phi) is 4.49. The van der Waals surface area contributed by atoms with Crippen molar-refractivity contribution in [3.63, 3.8) is 0 Å². The van der Waals surface area contributed by atoms with Gasteiger partial charge in [-0.15, -0.1) is 0 Å². The second-order valence-electron chi connectivity index (χ2n) is 6.82. The highest BCUT2D eigenvalue weighted by atomic mass is 16.1. The molecule has 0 N–H and O–H groups in total. The number of carbonyl (C=O) groups is 1. The predicted molar refractivity (Wildman–Crippen MR) is 91.9 cm³/mol. The first kappa shape index (κ1) is 15.5. The summed E-state index contributed by atoms with van der Waals surface area (Å²) in [5.41, 5.74) is 2.59. The number of carbonyl (C=O) groups excluding carboxylic acids is 1. The van der Waals surface area contributed by atoms with E-state index >= 15 is 0 Å². The lowest BCUT2D eigenvalue weighted by Gasteiger charge is -2.42. The molecule has 2 saturated heterocycles. The van der Waals surface area contributed by atoms with E-state index in [4.69, 9.17) is 0 Å². The third-order valence-corrected chi connectivity index (χ3v) is 5.71. The number of Topliss-reactive ketones (excluding diaryl/α,β-unsaturated/α-hetero) is 1. The summed E-state index contributed by atoms with van der Waals surface area (Å²) in [6.07, 6.45) is 8.41. The van der Waals surface area contributed by atoms with Gasteiger partial charge in [0.1, 0.15) is 5.78 Å². The number of piperidine rings is 1. The van der Waals surface area contributed by atoms with E-state index in [0.717, 1.165) is 6.42 Å². The molecule has 1 aromatic rings. The van der Waals surface area contributed by atoms with Crippen LogP contribution in [0.1, 0.15) is 56.6 Å². The van der Waals surface area contributed by atoms with Crippen LogP contribution in [-0.4, -0.2) is 29.8 Å². The lowest BCUT2D eigenvalue weighted by molar-refractivity contribution is -0.126. The Balaban J connectivity index is 1.91. The Bertz CT molecular complexity index is 560. The summed E-state index contributed by atoms with van der Waals surface area (Å²) >= 11 is 0. The molecule has 0 radical (unpaired) electrons. The Morgan fingerprint density at radius 3 is 2.64 bits per heavy atom. The number of nitrogens with zero attached hydrogens (tertiary/aromatic N) is 1. The summed E-state index contributed by atoms with van der Waals surface area (Å²) in [7, 11) is 2.21. The molecule has 0 aliphatic carbocycles. The molecule has 118 valence electrons. The summed E-state index contributed by atoms with van der Waals surface area (Å²) in [4.78, 5) is 15.1. The van der Waals surface area contributed by atoms with E-state index in [2.05, 4.69) is 48.4 Å². The lowest BCUT2D eigenvalue weighted by Crippen LogP contribution is -2.48. The molecule has 2 aliphatic rings. The van der Waals surface area contributed by atoms with Crippen molar-refractivity contribution in [3.8, 4) is 0 Å². The molecule has 0 amide bonds. The topological polar surface area (TPSA) is 20.3 Å². The van der Waals surface area contributed by atoms with Crippen LogP contribution in [0, 0.1) is 5.92 Å². The van der Waals surface area contributed by atoms with Crippen LogP contribution in [0.25, 0.3) is 6.08 Å². The number of hydrogen-bond acceptors (Lipinski definition) is 2. The molecular weight excluding hydrogens is 270 g/mol. The van der Waals surface area contributed by atoms with Gasteiger partial charge in [-0.3, -0.25) is 9.69 Å². The molecule has 22 heavy (non-hydrogen) atoms. The SMILES string of the molecule is C/C=C/c1ccc([C@H]2CC3CC[C@H]([C@H]2C(=O)CC)N3C)cc1. The zero-order valence-electron chi connectivity index (χ0n) is 14.0. The van der Waals surface area contributed by atoms with Crippen LogP contribution in [0.2, 0.25) is 0 Å². The minimum absolute atomic E-state index is 0.182. The number of ketones is 1. The van der Waals surface area contributed by atoms with Gasteiger partial charge in [0, 0.05) is 24.4 Å². The van der Waals surface area contributed by atoms with Crippen LogP contribution in [0.3, 0.4) is 0 Å². The van der Waals surface area contributed by atoms with Crippen molar-refractivity contribution in [3.05, 3.63) is 41.5 Å². The van der Waals surface area contributed by atoms with E-state index in [1.807, 2.05) is 13.8 Å². The summed E-state index contributed by atoms with van der Waals surface area (Å²) in [6, 6.07) is 9.95. The van der Waals surface area contributed by atoms with Crippen molar-refractivity contribution < 1.29 is 4.79 Å². The van der Waals surface area contributed by atoms with Crippen LogP contribution in [0.15, 0.2) is 30.3 Å². The second kappa shape index (κ2) is 6.37. The fraction of sp³-hybridized carbons (Fsp3) is 0.550. The van der Waals surface area contributed by atoms with E-state index in [0.29, 0.717) is 30.2 Å². The Morgan fingerprint density at radius 1 is 1.27 bits per heavy atom. The molecule has 2 heteroatoms. The fourth-order valence-corrected chi connectivity index (χ4v) is 4.53. The molecule has 2 nitrogen and oxygen atoms in total. The van der Waals surface area contributed by atoms with Crippen molar-refractivity contribution in [1.82, 2.24) is 4.90 Å². The maximum atomic E-state index is 12.6. The summed E-state index contributed by atoms with van der Waals surface area (Å²) in [5.74, 6) is 1.03. The minimum atomic E-state index is 0.182. The number of rotatable bonds is 4. The Hall–Kier alpha value is -1.41. The Morgan fingerprint density at radius 2 is 2.00 bits per heavy atom. The van der Waals surface area contributed by atoms with Crippen LogP contribution in [0.4, 0.5) is 0 Å². The number of hydrogen-bond donors (Lipinski definition) is 0. The molecule has 2 bridgehead atoms. The maximum absolute atomic E-state index is 12.6. The number of fused-ring (bicyclic) bond motifs is 2. The molecule has 0 spiro atoms. The second-order valence-corrected chi connectivity index (χ2v) is 6.82. The molecule has 1 unspecified atom stereocenters. The standard InChI is InChI=1S/C20H27NO/c1-4-6-14-7-9-15(10-8-14)17-13-16-11-12-18(21(16)3)20(17)19(22)5-2/h4,6-10,16-18,20H,5,11-13H2,1-3H3/b6-4+/t16?,17-,18-,20+/m1/s1. The van der Waals surface area contributed by atoms with Crippen molar-refractivity contribution in [1.29, 1.82) is 0 Å². The third kappa shape index (κ3) is 2.65. The lowest BCUT2D eigenvalue weighted by atomic mass is 9.73. The van der Waals surface area contributed by atoms with Crippen molar-refractivity contribution in [2.45, 2.75) is 57.5 Å². The molecule has 2 aliphatic heterocycles. The highest BCUT2D eigenvalue weighted by Gasteiger charge is 2.48. The normalized spacial score (nSPS) is 31.8. The molecule has 3 rings (SSSR count). The molecule has 2 fully saturated rings. The van der Waals surface area contributed by atoms with Gasteiger partial charge >= 0.3 is 0 Å². The van der Waals surface area contributed by atoms with Gasteiger partial charge in [-0.25, -0.2) is 0 Å². The third-order valence-electron chi connectivity index (χ3n) is 5.71. The van der Waals surface area contributed by atoms with Crippen LogP contribution >= 0.6 is 0 Å². The van der Waals surface area contributed by atoms with Gasteiger partial charge in [0.15, 0.2) is 0 Å². The fourth-order valence-electron chi connectivity index (χ4n) is 4.53. The molecule has 0 saturated carbocycles. The maximum Gasteiger partial charge on any atom is 0.137 e. The smallest absolute Gasteiger partial charge is 0.137 e. The van der Waals surface area contributed by atoms with Crippen LogP contribution in [0.5, 0.6) is 0 Å². The number of allylic oxidation sites excluding steroid dienone is 1. The average Bonchev–Trinajstić information content (AvgIpc) is 2.77. The van der Waals surface area contributed by atoms with Gasteiger partial charge in [0.05, 0.1) is 0 Å². The average molecular weight is 297 g/mol. The highest BCUT2D eigenvalue weighted by molar-refractivity contribution is 5.82. The summed E-state index contributed by atoms with van der Waals surface area (Å²) in [5, 5.41) is 0. The monoisotopic (exact) mass is 297 g/mol. The summed E-state index contributed by atoms with van der Waals surface area (Å²) in [6.45, 7) is 4.05. The molecule has 2 heterocycles. The first-order chi connectivity index (χ1) is 10.7. The van der Waals surface area contributed by atoms with Gasteiger partial charge in [0.2, 0.25) is 0 Å². The predicted octanol–water partition coefficient (Wildman–Crippen LogP) is 4.27. The molecular formula is C20H27NO.